The van der Waals surface area contributed by atoms with Crippen molar-refractivity contribution in [1.82, 2.24) is 0 Å². The van der Waals surface area contributed by atoms with Crippen molar-refractivity contribution in [3.8, 4) is 11.5 Å². The topological polar surface area (TPSA) is 81.8 Å². The number of carboxylic acids is 1. The average molecular weight is 239 g/mol. The molecule has 5 heteroatoms. The fourth-order valence-corrected chi connectivity index (χ4v) is 1.65. The lowest BCUT2D eigenvalue weighted by Gasteiger charge is -2.16. The summed E-state index contributed by atoms with van der Waals surface area (Å²) in [4.78, 5) is 10.8. The molecule has 0 heterocycles. The molecule has 0 aromatic heterocycles. The van der Waals surface area contributed by atoms with Gasteiger partial charge in [0, 0.05) is 12.0 Å². The van der Waals surface area contributed by atoms with Crippen LogP contribution in [0.25, 0.3) is 0 Å². The number of ether oxygens (including phenoxy) is 2. The van der Waals surface area contributed by atoms with Crippen molar-refractivity contribution in [3.05, 3.63) is 23.3 Å². The molecule has 94 valence electrons. The number of nitrogens with two attached hydrogens (primary N) is 1. The second-order valence-electron chi connectivity index (χ2n) is 3.75. The minimum absolute atomic E-state index is 0.210. The summed E-state index contributed by atoms with van der Waals surface area (Å²) in [5, 5.41) is 8.83. The van der Waals surface area contributed by atoms with Gasteiger partial charge < -0.3 is 20.3 Å². The van der Waals surface area contributed by atoms with Crippen molar-refractivity contribution in [2.24, 2.45) is 5.73 Å². The van der Waals surface area contributed by atoms with E-state index < -0.39 is 12.0 Å². The first-order valence-electron chi connectivity index (χ1n) is 5.20. The maximum absolute atomic E-state index is 10.8. The number of benzene rings is 1. The zero-order valence-electron chi connectivity index (χ0n) is 10.2. The van der Waals surface area contributed by atoms with E-state index in [2.05, 4.69) is 0 Å². The molecule has 0 fully saturated rings. The van der Waals surface area contributed by atoms with E-state index in [4.69, 9.17) is 20.3 Å². The van der Waals surface area contributed by atoms with Gasteiger partial charge in [-0.05, 0) is 18.6 Å². The highest BCUT2D eigenvalue weighted by Gasteiger charge is 2.19. The number of aliphatic carboxylic acids is 1. The summed E-state index contributed by atoms with van der Waals surface area (Å²) in [5.74, 6) is 0.0872. The van der Waals surface area contributed by atoms with Crippen LogP contribution in [0.5, 0.6) is 11.5 Å². The van der Waals surface area contributed by atoms with Crippen LogP contribution in [0.15, 0.2) is 12.1 Å². The summed E-state index contributed by atoms with van der Waals surface area (Å²) >= 11 is 0. The maximum atomic E-state index is 10.8. The van der Waals surface area contributed by atoms with E-state index in [-0.39, 0.29) is 6.42 Å². The Kier molecular flexibility index (Phi) is 4.34. The van der Waals surface area contributed by atoms with Crippen LogP contribution >= 0.6 is 0 Å². The van der Waals surface area contributed by atoms with Gasteiger partial charge in [0.1, 0.15) is 6.04 Å². The van der Waals surface area contributed by atoms with Gasteiger partial charge in [-0.2, -0.15) is 0 Å². The SMILES string of the molecule is COc1ccc(C)c(CC(N)C(=O)O)c1OC. The summed E-state index contributed by atoms with van der Waals surface area (Å²) in [6.45, 7) is 1.88. The Morgan fingerprint density at radius 2 is 2.06 bits per heavy atom. The summed E-state index contributed by atoms with van der Waals surface area (Å²) in [5.41, 5.74) is 7.23. The first-order chi connectivity index (χ1) is 8.01. The first kappa shape index (κ1) is 13.3. The number of methoxy groups -OCH3 is 2. The lowest BCUT2D eigenvalue weighted by molar-refractivity contribution is -0.138. The molecule has 0 aliphatic carbocycles. The van der Waals surface area contributed by atoms with Gasteiger partial charge in [-0.25, -0.2) is 0 Å². The average Bonchev–Trinajstić information content (AvgIpc) is 2.31. The predicted molar refractivity (Wildman–Crippen MR) is 63.6 cm³/mol. The number of carbonyl (C=O) groups is 1. The van der Waals surface area contributed by atoms with Crippen molar-refractivity contribution in [2.45, 2.75) is 19.4 Å². The third-order valence-corrected chi connectivity index (χ3v) is 2.62. The Hall–Kier alpha value is -1.75. The molecule has 1 aromatic rings. The van der Waals surface area contributed by atoms with Gasteiger partial charge >= 0.3 is 5.97 Å². The lowest BCUT2D eigenvalue weighted by Crippen LogP contribution is -2.32. The summed E-state index contributed by atoms with van der Waals surface area (Å²) in [7, 11) is 3.06. The van der Waals surface area contributed by atoms with Crippen molar-refractivity contribution in [3.63, 3.8) is 0 Å². The van der Waals surface area contributed by atoms with E-state index in [0.29, 0.717) is 11.5 Å². The predicted octanol–water partition coefficient (Wildman–Crippen LogP) is 0.967. The molecule has 0 amide bonds. The first-order valence-corrected chi connectivity index (χ1v) is 5.20. The summed E-state index contributed by atoms with van der Waals surface area (Å²) in [6, 6.07) is 2.68. The second-order valence-corrected chi connectivity index (χ2v) is 3.75. The van der Waals surface area contributed by atoms with Gasteiger partial charge in [0.05, 0.1) is 14.2 Å². The molecule has 3 N–H and O–H groups in total. The van der Waals surface area contributed by atoms with Crippen LogP contribution < -0.4 is 15.2 Å². The zero-order valence-corrected chi connectivity index (χ0v) is 10.2. The lowest BCUT2D eigenvalue weighted by atomic mass is 10.00. The van der Waals surface area contributed by atoms with Crippen LogP contribution in [0.1, 0.15) is 11.1 Å². The number of hydrogen-bond donors (Lipinski definition) is 2. The minimum atomic E-state index is -1.03. The largest absolute Gasteiger partial charge is 0.493 e. The number of rotatable bonds is 5. The van der Waals surface area contributed by atoms with Crippen molar-refractivity contribution in [1.29, 1.82) is 0 Å². The Morgan fingerprint density at radius 1 is 1.41 bits per heavy atom. The van der Waals surface area contributed by atoms with Crippen LogP contribution in [0.2, 0.25) is 0 Å². The molecule has 0 aliphatic rings. The number of aryl methyl sites for hydroxylation is 1. The number of carboxylic acid groups (broad SMARTS) is 1. The molecule has 1 atom stereocenters. The fourth-order valence-electron chi connectivity index (χ4n) is 1.65. The summed E-state index contributed by atoms with van der Waals surface area (Å²) in [6.07, 6.45) is 0.210. The quantitative estimate of drug-likeness (QED) is 0.800. The highest BCUT2D eigenvalue weighted by atomic mass is 16.5. The molecule has 1 aromatic carbocycles. The molecule has 0 saturated heterocycles. The third-order valence-electron chi connectivity index (χ3n) is 2.62. The van der Waals surface area contributed by atoms with Crippen LogP contribution in [0.4, 0.5) is 0 Å². The molecule has 0 aliphatic heterocycles. The molecule has 0 spiro atoms. The van der Waals surface area contributed by atoms with Crippen LogP contribution in [0, 0.1) is 6.92 Å². The van der Waals surface area contributed by atoms with Gasteiger partial charge in [-0.3, -0.25) is 4.79 Å². The van der Waals surface area contributed by atoms with E-state index in [1.54, 1.807) is 6.07 Å². The molecule has 1 unspecified atom stereocenters. The molecule has 17 heavy (non-hydrogen) atoms. The molecule has 1 rings (SSSR count). The van der Waals surface area contributed by atoms with Gasteiger partial charge in [0.25, 0.3) is 0 Å². The molecule has 5 nitrogen and oxygen atoms in total. The van der Waals surface area contributed by atoms with Gasteiger partial charge in [0.15, 0.2) is 11.5 Å². The monoisotopic (exact) mass is 239 g/mol. The molecule has 0 radical (unpaired) electrons. The Morgan fingerprint density at radius 3 is 2.53 bits per heavy atom. The van der Waals surface area contributed by atoms with Crippen molar-refractivity contribution < 1.29 is 19.4 Å². The standard InChI is InChI=1S/C12H17NO4/c1-7-4-5-10(16-2)11(17-3)8(7)6-9(13)12(14)15/h4-5,9H,6,13H2,1-3H3,(H,14,15). The molecular weight excluding hydrogens is 222 g/mol. The molecular formula is C12H17NO4. The van der Waals surface area contributed by atoms with Gasteiger partial charge in [-0.15, -0.1) is 0 Å². The van der Waals surface area contributed by atoms with Gasteiger partial charge in [0.2, 0.25) is 0 Å². The smallest absolute Gasteiger partial charge is 0.320 e. The van der Waals surface area contributed by atoms with Crippen LogP contribution in [-0.2, 0) is 11.2 Å². The van der Waals surface area contributed by atoms with E-state index >= 15 is 0 Å². The Bertz CT molecular complexity index is 417. The van der Waals surface area contributed by atoms with E-state index in [1.165, 1.54) is 14.2 Å². The second kappa shape index (κ2) is 5.54. The third kappa shape index (κ3) is 2.88. The highest BCUT2D eigenvalue weighted by Crippen LogP contribution is 2.33. The van der Waals surface area contributed by atoms with E-state index in [0.717, 1.165) is 11.1 Å². The van der Waals surface area contributed by atoms with E-state index in [1.807, 2.05) is 13.0 Å². The van der Waals surface area contributed by atoms with Crippen molar-refractivity contribution in [2.75, 3.05) is 14.2 Å². The molecule has 0 saturated carbocycles. The Balaban J connectivity index is 3.16. The van der Waals surface area contributed by atoms with Crippen molar-refractivity contribution >= 4 is 5.97 Å². The minimum Gasteiger partial charge on any atom is -0.493 e. The van der Waals surface area contributed by atoms with Gasteiger partial charge in [-0.1, -0.05) is 6.07 Å². The summed E-state index contributed by atoms with van der Waals surface area (Å²) < 4.78 is 10.4. The maximum Gasteiger partial charge on any atom is 0.320 e. The normalized spacial score (nSPS) is 12.0. The Labute approximate surface area is 100 Å². The number of hydrogen-bond acceptors (Lipinski definition) is 4. The molecule has 0 bridgehead atoms. The fraction of sp³-hybridized carbons (Fsp3) is 0.417. The van der Waals surface area contributed by atoms with E-state index in [9.17, 15) is 4.79 Å². The van der Waals surface area contributed by atoms with Crippen LogP contribution in [0.3, 0.4) is 0 Å². The highest BCUT2D eigenvalue weighted by molar-refractivity contribution is 5.74. The zero-order chi connectivity index (χ0) is 13.0. The van der Waals surface area contributed by atoms with Crippen LogP contribution in [-0.4, -0.2) is 31.3 Å².